The van der Waals surface area contributed by atoms with Crippen LogP contribution in [0.15, 0.2) is 18.2 Å². The summed E-state index contributed by atoms with van der Waals surface area (Å²) in [6.07, 6.45) is 0.207. The molecule has 2 rings (SSSR count). The van der Waals surface area contributed by atoms with Crippen LogP contribution < -0.4 is 0 Å². The molecule has 0 bridgehead atoms. The summed E-state index contributed by atoms with van der Waals surface area (Å²) in [5, 5.41) is 0. The second kappa shape index (κ2) is 4.59. The second-order valence-electron chi connectivity index (χ2n) is 5.53. The van der Waals surface area contributed by atoms with Crippen molar-refractivity contribution in [3.05, 3.63) is 35.1 Å². The Morgan fingerprint density at radius 3 is 2.78 bits per heavy atom. The number of carbonyl (C=O) groups is 1. The lowest BCUT2D eigenvalue weighted by molar-refractivity contribution is 0.0223. The molecule has 0 unspecified atom stereocenters. The van der Waals surface area contributed by atoms with E-state index < -0.39 is 5.60 Å². The van der Waals surface area contributed by atoms with Crippen LogP contribution in [0.5, 0.6) is 0 Å². The van der Waals surface area contributed by atoms with Gasteiger partial charge in [0.2, 0.25) is 0 Å². The minimum atomic E-state index is -0.501. The lowest BCUT2D eigenvalue weighted by atomic mass is 9.99. The van der Waals surface area contributed by atoms with Crippen LogP contribution in [-0.4, -0.2) is 23.1 Å². The molecule has 1 aromatic carbocycles. The van der Waals surface area contributed by atoms with Gasteiger partial charge in [0.15, 0.2) is 0 Å². The third kappa shape index (κ3) is 2.81. The SMILES string of the molecule is CC(C)(C)OC(=O)N1CCc2c(F)cccc2C1. The number of hydrogen-bond acceptors (Lipinski definition) is 2. The first-order chi connectivity index (χ1) is 8.37. The quantitative estimate of drug-likeness (QED) is 0.709. The van der Waals surface area contributed by atoms with Crippen molar-refractivity contribution < 1.29 is 13.9 Å². The number of ether oxygens (including phenoxy) is 1. The summed E-state index contributed by atoms with van der Waals surface area (Å²) in [6, 6.07) is 4.99. The highest BCUT2D eigenvalue weighted by Gasteiger charge is 2.26. The maximum Gasteiger partial charge on any atom is 0.410 e. The average Bonchev–Trinajstić information content (AvgIpc) is 2.26. The van der Waals surface area contributed by atoms with Crippen LogP contribution >= 0.6 is 0 Å². The fraction of sp³-hybridized carbons (Fsp3) is 0.500. The van der Waals surface area contributed by atoms with Gasteiger partial charge in [0.25, 0.3) is 0 Å². The number of rotatable bonds is 0. The van der Waals surface area contributed by atoms with Gasteiger partial charge in [-0.1, -0.05) is 12.1 Å². The Morgan fingerprint density at radius 1 is 1.39 bits per heavy atom. The van der Waals surface area contributed by atoms with Crippen LogP contribution in [0.25, 0.3) is 0 Å². The molecule has 0 spiro atoms. The van der Waals surface area contributed by atoms with Crippen molar-refractivity contribution in [2.24, 2.45) is 0 Å². The fourth-order valence-corrected chi connectivity index (χ4v) is 2.05. The summed E-state index contributed by atoms with van der Waals surface area (Å²) in [7, 11) is 0. The van der Waals surface area contributed by atoms with Crippen LogP contribution in [-0.2, 0) is 17.7 Å². The standard InChI is InChI=1S/C14H18FNO2/c1-14(2,3)18-13(17)16-8-7-11-10(9-16)5-4-6-12(11)15/h4-6H,7-9H2,1-3H3. The second-order valence-corrected chi connectivity index (χ2v) is 5.53. The highest BCUT2D eigenvalue weighted by Crippen LogP contribution is 2.22. The zero-order chi connectivity index (χ0) is 13.3. The molecule has 0 aliphatic carbocycles. The molecule has 0 N–H and O–H groups in total. The van der Waals surface area contributed by atoms with Gasteiger partial charge in [0, 0.05) is 13.1 Å². The van der Waals surface area contributed by atoms with E-state index in [2.05, 4.69) is 0 Å². The first-order valence-corrected chi connectivity index (χ1v) is 6.11. The summed E-state index contributed by atoms with van der Waals surface area (Å²) < 4.78 is 18.9. The number of hydrogen-bond donors (Lipinski definition) is 0. The number of nitrogens with zero attached hydrogens (tertiary/aromatic N) is 1. The van der Waals surface area contributed by atoms with Crippen LogP contribution in [0, 0.1) is 5.82 Å². The van der Waals surface area contributed by atoms with Crippen molar-refractivity contribution >= 4 is 6.09 Å². The first kappa shape index (κ1) is 12.9. The van der Waals surface area contributed by atoms with Gasteiger partial charge in [0.05, 0.1) is 0 Å². The molecular formula is C14H18FNO2. The molecule has 1 aromatic rings. The number of halogens is 1. The van der Waals surface area contributed by atoms with Gasteiger partial charge < -0.3 is 9.64 Å². The van der Waals surface area contributed by atoms with E-state index in [9.17, 15) is 9.18 Å². The Bertz CT molecular complexity index is 465. The van der Waals surface area contributed by atoms with Crippen LogP contribution in [0.3, 0.4) is 0 Å². The third-order valence-corrected chi connectivity index (χ3v) is 2.86. The summed E-state index contributed by atoms with van der Waals surface area (Å²) in [4.78, 5) is 13.5. The van der Waals surface area contributed by atoms with E-state index in [1.165, 1.54) is 6.07 Å². The Labute approximate surface area is 107 Å². The molecule has 0 atom stereocenters. The lowest BCUT2D eigenvalue weighted by Crippen LogP contribution is -2.40. The molecule has 0 aromatic heterocycles. The molecule has 0 radical (unpaired) electrons. The molecule has 1 heterocycles. The van der Waals surface area contributed by atoms with Gasteiger partial charge in [-0.15, -0.1) is 0 Å². The topological polar surface area (TPSA) is 29.5 Å². The largest absolute Gasteiger partial charge is 0.444 e. The van der Waals surface area contributed by atoms with Crippen molar-refractivity contribution in [1.29, 1.82) is 0 Å². The summed E-state index contributed by atoms with van der Waals surface area (Å²) in [6.45, 7) is 6.43. The number of amides is 1. The maximum absolute atomic E-state index is 13.5. The van der Waals surface area contributed by atoms with Gasteiger partial charge in [-0.2, -0.15) is 0 Å². The monoisotopic (exact) mass is 251 g/mol. The molecule has 3 nitrogen and oxygen atoms in total. The summed E-state index contributed by atoms with van der Waals surface area (Å²) in [5.41, 5.74) is 1.09. The zero-order valence-electron chi connectivity index (χ0n) is 11.0. The van der Waals surface area contributed by atoms with Crippen LogP contribution in [0.2, 0.25) is 0 Å². The smallest absolute Gasteiger partial charge is 0.410 e. The van der Waals surface area contributed by atoms with E-state index in [0.29, 0.717) is 19.5 Å². The van der Waals surface area contributed by atoms with Crippen LogP contribution in [0.1, 0.15) is 31.9 Å². The molecule has 4 heteroatoms. The molecule has 1 aliphatic rings. The van der Waals surface area contributed by atoms with Crippen molar-refractivity contribution in [2.75, 3.05) is 6.54 Å². The molecule has 1 aliphatic heterocycles. The Morgan fingerprint density at radius 2 is 2.11 bits per heavy atom. The summed E-state index contributed by atoms with van der Waals surface area (Å²) in [5.74, 6) is -0.184. The van der Waals surface area contributed by atoms with Gasteiger partial charge in [-0.3, -0.25) is 0 Å². The molecule has 0 saturated heterocycles. The first-order valence-electron chi connectivity index (χ1n) is 6.11. The third-order valence-electron chi connectivity index (χ3n) is 2.86. The number of fused-ring (bicyclic) bond motifs is 1. The Balaban J connectivity index is 2.11. The molecular weight excluding hydrogens is 233 g/mol. The average molecular weight is 251 g/mol. The number of benzene rings is 1. The van der Waals surface area contributed by atoms with E-state index in [0.717, 1.165) is 11.1 Å². The van der Waals surface area contributed by atoms with Gasteiger partial charge in [-0.05, 0) is 44.4 Å². The van der Waals surface area contributed by atoms with E-state index in [-0.39, 0.29) is 11.9 Å². The van der Waals surface area contributed by atoms with Crippen molar-refractivity contribution in [3.8, 4) is 0 Å². The van der Waals surface area contributed by atoms with Crippen LogP contribution in [0.4, 0.5) is 9.18 Å². The van der Waals surface area contributed by atoms with E-state index in [1.807, 2.05) is 26.8 Å². The minimum absolute atomic E-state index is 0.184. The van der Waals surface area contributed by atoms with Crippen molar-refractivity contribution in [1.82, 2.24) is 4.90 Å². The fourth-order valence-electron chi connectivity index (χ4n) is 2.05. The summed E-state index contributed by atoms with van der Waals surface area (Å²) >= 11 is 0. The maximum atomic E-state index is 13.5. The normalized spacial score (nSPS) is 15.2. The molecule has 0 fully saturated rings. The Kier molecular flexibility index (Phi) is 3.28. The number of carbonyl (C=O) groups excluding carboxylic acids is 1. The highest BCUT2D eigenvalue weighted by atomic mass is 19.1. The lowest BCUT2D eigenvalue weighted by Gasteiger charge is -2.31. The minimum Gasteiger partial charge on any atom is -0.444 e. The van der Waals surface area contributed by atoms with Crippen molar-refractivity contribution in [3.63, 3.8) is 0 Å². The van der Waals surface area contributed by atoms with Crippen molar-refractivity contribution in [2.45, 2.75) is 39.3 Å². The molecule has 1 amide bonds. The predicted molar refractivity (Wildman–Crippen MR) is 66.7 cm³/mol. The van der Waals surface area contributed by atoms with Gasteiger partial charge >= 0.3 is 6.09 Å². The highest BCUT2D eigenvalue weighted by molar-refractivity contribution is 5.68. The van der Waals surface area contributed by atoms with E-state index >= 15 is 0 Å². The molecule has 18 heavy (non-hydrogen) atoms. The molecule has 0 saturated carbocycles. The van der Waals surface area contributed by atoms with Gasteiger partial charge in [-0.25, -0.2) is 9.18 Å². The Hall–Kier alpha value is -1.58. The molecule has 98 valence electrons. The van der Waals surface area contributed by atoms with Gasteiger partial charge in [0.1, 0.15) is 11.4 Å². The zero-order valence-corrected chi connectivity index (χ0v) is 11.0. The van der Waals surface area contributed by atoms with E-state index in [1.54, 1.807) is 11.0 Å². The van der Waals surface area contributed by atoms with E-state index in [4.69, 9.17) is 4.74 Å². The predicted octanol–water partition coefficient (Wildman–Crippen LogP) is 3.12.